The summed E-state index contributed by atoms with van der Waals surface area (Å²) < 4.78 is 1.31. The van der Waals surface area contributed by atoms with Gasteiger partial charge in [-0.05, 0) is 6.42 Å². The molecule has 15 heavy (non-hydrogen) atoms. The van der Waals surface area contributed by atoms with Gasteiger partial charge in [-0.15, -0.1) is 0 Å². The summed E-state index contributed by atoms with van der Waals surface area (Å²) in [5.74, 6) is -0.873. The first-order valence-electron chi connectivity index (χ1n) is 4.71. The summed E-state index contributed by atoms with van der Waals surface area (Å²) in [6.07, 6.45) is 4.51. The smallest absolute Gasteiger partial charge is 0.325 e. The number of carbonyl (C=O) groups is 2. The number of aliphatic carboxylic acids is 1. The number of rotatable bonds is 3. The van der Waals surface area contributed by atoms with Gasteiger partial charge in [0.05, 0.1) is 11.9 Å². The molecule has 1 aromatic rings. The number of carboxylic acid groups (broad SMARTS) is 1. The number of hydrogen-bond acceptors (Lipinski definition) is 3. The summed E-state index contributed by atoms with van der Waals surface area (Å²) in [7, 11) is 0. The Morgan fingerprint density at radius 3 is 3.00 bits per heavy atom. The lowest BCUT2D eigenvalue weighted by Crippen LogP contribution is -2.23. The normalized spacial score (nSPS) is 16.0. The Hall–Kier alpha value is -1.85. The highest BCUT2D eigenvalue weighted by molar-refractivity contribution is 5.95. The second-order valence-electron chi connectivity index (χ2n) is 3.44. The Bertz CT molecular complexity index is 399. The van der Waals surface area contributed by atoms with Crippen LogP contribution in [0.25, 0.3) is 0 Å². The number of hydrogen-bond donors (Lipinski definition) is 1. The van der Waals surface area contributed by atoms with E-state index in [1.807, 2.05) is 0 Å². The van der Waals surface area contributed by atoms with Crippen LogP contribution >= 0.6 is 0 Å². The lowest BCUT2D eigenvalue weighted by atomic mass is 10.4. The molecule has 1 aliphatic heterocycles. The van der Waals surface area contributed by atoms with E-state index in [2.05, 4.69) is 5.10 Å². The summed E-state index contributed by atoms with van der Waals surface area (Å²) in [6.45, 7) is 0.514. The molecule has 2 rings (SSSR count). The van der Waals surface area contributed by atoms with Crippen molar-refractivity contribution in [1.82, 2.24) is 9.78 Å². The molecule has 1 N–H and O–H groups in total. The van der Waals surface area contributed by atoms with Crippen LogP contribution in [0.2, 0.25) is 0 Å². The maximum Gasteiger partial charge on any atom is 0.325 e. The van der Waals surface area contributed by atoms with Gasteiger partial charge in [0.15, 0.2) is 0 Å². The molecule has 0 saturated carbocycles. The quantitative estimate of drug-likeness (QED) is 0.765. The van der Waals surface area contributed by atoms with Crippen LogP contribution in [0.3, 0.4) is 0 Å². The Balaban J connectivity index is 2.12. The minimum absolute atomic E-state index is 0.0740. The second kappa shape index (κ2) is 3.72. The molecule has 1 aromatic heterocycles. The first kappa shape index (κ1) is 9.70. The van der Waals surface area contributed by atoms with Crippen LogP contribution in [0.15, 0.2) is 12.4 Å². The Kier molecular flexibility index (Phi) is 2.40. The number of aromatic nitrogens is 2. The predicted molar refractivity (Wildman–Crippen MR) is 51.4 cm³/mol. The van der Waals surface area contributed by atoms with Crippen LogP contribution < -0.4 is 4.90 Å². The molecule has 0 spiro atoms. The van der Waals surface area contributed by atoms with E-state index < -0.39 is 5.97 Å². The van der Waals surface area contributed by atoms with Crippen LogP contribution in [0, 0.1) is 0 Å². The lowest BCUT2D eigenvalue weighted by Gasteiger charge is -2.11. The number of anilines is 1. The van der Waals surface area contributed by atoms with Crippen molar-refractivity contribution in [2.24, 2.45) is 0 Å². The van der Waals surface area contributed by atoms with Crippen LogP contribution in [-0.2, 0) is 16.1 Å². The number of nitrogens with zero attached hydrogens (tertiary/aromatic N) is 3. The lowest BCUT2D eigenvalue weighted by molar-refractivity contribution is -0.137. The van der Waals surface area contributed by atoms with Crippen molar-refractivity contribution in [2.75, 3.05) is 11.4 Å². The number of amides is 1. The van der Waals surface area contributed by atoms with E-state index in [4.69, 9.17) is 5.11 Å². The van der Waals surface area contributed by atoms with E-state index in [0.29, 0.717) is 18.7 Å². The fourth-order valence-electron chi connectivity index (χ4n) is 1.64. The molecule has 0 aromatic carbocycles. The van der Waals surface area contributed by atoms with E-state index in [0.717, 1.165) is 6.42 Å². The molecule has 0 atom stereocenters. The minimum Gasteiger partial charge on any atom is -0.480 e. The van der Waals surface area contributed by atoms with E-state index in [9.17, 15) is 9.59 Å². The molecule has 2 heterocycles. The maximum absolute atomic E-state index is 11.4. The van der Waals surface area contributed by atoms with Crippen LogP contribution in [0.1, 0.15) is 12.8 Å². The molecule has 1 amide bonds. The summed E-state index contributed by atoms with van der Waals surface area (Å²) >= 11 is 0. The highest BCUT2D eigenvalue weighted by Gasteiger charge is 2.22. The topological polar surface area (TPSA) is 75.4 Å². The average molecular weight is 209 g/mol. The number of carbonyl (C=O) groups excluding carboxylic acids is 1. The Morgan fingerprint density at radius 2 is 2.40 bits per heavy atom. The van der Waals surface area contributed by atoms with E-state index in [1.54, 1.807) is 11.1 Å². The third-order valence-electron chi connectivity index (χ3n) is 2.30. The molecular weight excluding hydrogens is 198 g/mol. The van der Waals surface area contributed by atoms with Gasteiger partial charge in [-0.25, -0.2) is 0 Å². The van der Waals surface area contributed by atoms with Crippen LogP contribution in [-0.4, -0.2) is 33.3 Å². The van der Waals surface area contributed by atoms with Crippen LogP contribution in [0.5, 0.6) is 0 Å². The molecule has 80 valence electrons. The third-order valence-corrected chi connectivity index (χ3v) is 2.30. The Labute approximate surface area is 86.1 Å². The monoisotopic (exact) mass is 209 g/mol. The first-order chi connectivity index (χ1) is 7.16. The minimum atomic E-state index is -0.947. The van der Waals surface area contributed by atoms with Crippen molar-refractivity contribution >= 4 is 17.6 Å². The van der Waals surface area contributed by atoms with Gasteiger partial charge >= 0.3 is 5.97 Å². The van der Waals surface area contributed by atoms with E-state index >= 15 is 0 Å². The Morgan fingerprint density at radius 1 is 1.60 bits per heavy atom. The summed E-state index contributed by atoms with van der Waals surface area (Å²) in [6, 6.07) is 0. The molecule has 6 nitrogen and oxygen atoms in total. The zero-order chi connectivity index (χ0) is 10.8. The molecule has 1 fully saturated rings. The molecule has 0 aliphatic carbocycles. The van der Waals surface area contributed by atoms with Gasteiger partial charge in [0.1, 0.15) is 6.54 Å². The zero-order valence-electron chi connectivity index (χ0n) is 8.09. The molecule has 0 bridgehead atoms. The van der Waals surface area contributed by atoms with Crippen molar-refractivity contribution in [2.45, 2.75) is 19.4 Å². The molecule has 1 saturated heterocycles. The van der Waals surface area contributed by atoms with Gasteiger partial charge in [-0.1, -0.05) is 0 Å². The molecule has 1 aliphatic rings. The van der Waals surface area contributed by atoms with Gasteiger partial charge in [-0.2, -0.15) is 5.10 Å². The van der Waals surface area contributed by atoms with Gasteiger partial charge in [0.2, 0.25) is 5.91 Å². The first-order valence-corrected chi connectivity index (χ1v) is 4.71. The van der Waals surface area contributed by atoms with E-state index in [1.165, 1.54) is 10.9 Å². The number of carboxylic acids is 1. The average Bonchev–Trinajstić information content (AvgIpc) is 2.72. The zero-order valence-corrected chi connectivity index (χ0v) is 8.09. The molecule has 0 unspecified atom stereocenters. The third kappa shape index (κ3) is 1.98. The molecule has 6 heteroatoms. The summed E-state index contributed by atoms with van der Waals surface area (Å²) in [5.41, 5.74) is 0.679. The van der Waals surface area contributed by atoms with Crippen molar-refractivity contribution < 1.29 is 14.7 Å². The van der Waals surface area contributed by atoms with Crippen molar-refractivity contribution in [1.29, 1.82) is 0 Å². The van der Waals surface area contributed by atoms with Crippen molar-refractivity contribution in [3.63, 3.8) is 0 Å². The van der Waals surface area contributed by atoms with Gasteiger partial charge < -0.3 is 10.0 Å². The van der Waals surface area contributed by atoms with Crippen molar-refractivity contribution in [3.8, 4) is 0 Å². The van der Waals surface area contributed by atoms with E-state index in [-0.39, 0.29) is 12.5 Å². The fraction of sp³-hybridized carbons (Fsp3) is 0.444. The standard InChI is InChI=1S/C9H11N3O3/c13-8-2-1-3-12(8)7-4-10-11(5-7)6-9(14)15/h4-5H,1-3,6H2,(H,14,15). The highest BCUT2D eigenvalue weighted by Crippen LogP contribution is 2.19. The maximum atomic E-state index is 11.4. The second-order valence-corrected chi connectivity index (χ2v) is 3.44. The van der Waals surface area contributed by atoms with Crippen LogP contribution in [0.4, 0.5) is 5.69 Å². The highest BCUT2D eigenvalue weighted by atomic mass is 16.4. The van der Waals surface area contributed by atoms with Gasteiger partial charge in [-0.3, -0.25) is 14.3 Å². The molecular formula is C9H11N3O3. The summed E-state index contributed by atoms with van der Waals surface area (Å²) in [5, 5.41) is 12.4. The SMILES string of the molecule is O=C(O)Cn1cc(N2CCCC2=O)cn1. The molecule has 0 radical (unpaired) electrons. The summed E-state index contributed by atoms with van der Waals surface area (Å²) in [4.78, 5) is 23.4. The van der Waals surface area contributed by atoms with Gasteiger partial charge in [0.25, 0.3) is 0 Å². The van der Waals surface area contributed by atoms with Crippen molar-refractivity contribution in [3.05, 3.63) is 12.4 Å². The van der Waals surface area contributed by atoms with Gasteiger partial charge in [0, 0.05) is 19.2 Å². The fourth-order valence-corrected chi connectivity index (χ4v) is 1.64. The largest absolute Gasteiger partial charge is 0.480 e. The predicted octanol–water partition coefficient (Wildman–Crippen LogP) is 0.0945.